The summed E-state index contributed by atoms with van der Waals surface area (Å²) in [6.45, 7) is 4.88. The molecule has 3 aromatic rings. The Kier molecular flexibility index (Phi) is 3.42. The van der Waals surface area contributed by atoms with Crippen LogP contribution in [-0.2, 0) is 6.42 Å². The van der Waals surface area contributed by atoms with Gasteiger partial charge < -0.3 is 10.3 Å². The molecule has 1 amide bonds. The van der Waals surface area contributed by atoms with Gasteiger partial charge in [-0.05, 0) is 17.9 Å². The first-order valence-electron chi connectivity index (χ1n) is 7.62. The summed E-state index contributed by atoms with van der Waals surface area (Å²) in [5.41, 5.74) is 1.99. The SMILES string of the molecule is CC1(C)CNC(=O)c2nc(-c3csc(-c4ncccn4)n3)[nH]c2C1. The molecule has 1 aliphatic heterocycles. The minimum absolute atomic E-state index is 0.0180. The molecular weight excluding hydrogens is 324 g/mol. The minimum Gasteiger partial charge on any atom is -0.350 e. The maximum absolute atomic E-state index is 12.2. The number of nitrogens with one attached hydrogen (secondary N) is 2. The summed E-state index contributed by atoms with van der Waals surface area (Å²) in [5, 5.41) is 5.55. The Bertz CT molecular complexity index is 898. The van der Waals surface area contributed by atoms with Gasteiger partial charge in [0.15, 0.2) is 16.7 Å². The van der Waals surface area contributed by atoms with Gasteiger partial charge in [0, 0.05) is 30.0 Å². The fourth-order valence-corrected chi connectivity index (χ4v) is 3.43. The van der Waals surface area contributed by atoms with Crippen LogP contribution in [0.2, 0.25) is 0 Å². The van der Waals surface area contributed by atoms with Gasteiger partial charge in [0.1, 0.15) is 11.4 Å². The second kappa shape index (κ2) is 5.48. The molecule has 8 heteroatoms. The fourth-order valence-electron chi connectivity index (χ4n) is 2.69. The normalized spacial score (nSPS) is 16.3. The molecule has 0 unspecified atom stereocenters. The smallest absolute Gasteiger partial charge is 0.271 e. The molecule has 0 fully saturated rings. The van der Waals surface area contributed by atoms with E-state index in [0.29, 0.717) is 29.6 Å². The van der Waals surface area contributed by atoms with Crippen molar-refractivity contribution in [2.24, 2.45) is 5.41 Å². The van der Waals surface area contributed by atoms with Crippen molar-refractivity contribution in [3.8, 4) is 22.4 Å². The molecule has 2 N–H and O–H groups in total. The second-order valence-electron chi connectivity index (χ2n) is 6.55. The van der Waals surface area contributed by atoms with Crippen molar-refractivity contribution in [1.82, 2.24) is 30.2 Å². The predicted molar refractivity (Wildman–Crippen MR) is 90.5 cm³/mol. The number of rotatable bonds is 2. The van der Waals surface area contributed by atoms with Gasteiger partial charge in [-0.25, -0.2) is 19.9 Å². The largest absolute Gasteiger partial charge is 0.350 e. The van der Waals surface area contributed by atoms with E-state index in [1.807, 2.05) is 5.38 Å². The second-order valence-corrected chi connectivity index (χ2v) is 7.40. The van der Waals surface area contributed by atoms with E-state index in [9.17, 15) is 4.79 Å². The summed E-state index contributed by atoms with van der Waals surface area (Å²) in [6.07, 6.45) is 4.13. The number of H-pyrrole nitrogens is 1. The van der Waals surface area contributed by atoms with Crippen LogP contribution in [0.3, 0.4) is 0 Å². The number of hydrogen-bond acceptors (Lipinski definition) is 6. The third-order valence-corrected chi connectivity index (χ3v) is 4.72. The minimum atomic E-state index is -0.139. The number of fused-ring (bicyclic) bond motifs is 1. The number of carbonyl (C=O) groups is 1. The van der Waals surface area contributed by atoms with Gasteiger partial charge in [-0.3, -0.25) is 4.79 Å². The number of aromatic amines is 1. The summed E-state index contributed by atoms with van der Waals surface area (Å²) >= 11 is 1.45. The zero-order chi connectivity index (χ0) is 16.7. The highest BCUT2D eigenvalue weighted by Crippen LogP contribution is 2.29. The first-order chi connectivity index (χ1) is 11.5. The molecular formula is C16H16N6OS. The Balaban J connectivity index is 1.71. The van der Waals surface area contributed by atoms with Crippen molar-refractivity contribution in [2.45, 2.75) is 20.3 Å². The van der Waals surface area contributed by atoms with Crippen molar-refractivity contribution >= 4 is 17.2 Å². The monoisotopic (exact) mass is 340 g/mol. The van der Waals surface area contributed by atoms with Gasteiger partial charge in [0.25, 0.3) is 5.91 Å². The van der Waals surface area contributed by atoms with Gasteiger partial charge in [-0.1, -0.05) is 13.8 Å². The molecule has 7 nitrogen and oxygen atoms in total. The molecule has 1 aliphatic rings. The Morgan fingerprint density at radius 2 is 2.00 bits per heavy atom. The van der Waals surface area contributed by atoms with Crippen molar-refractivity contribution in [1.29, 1.82) is 0 Å². The standard InChI is InChI=1S/C16H16N6OS/c1-16(2)6-9-11(14(23)19-8-16)22-12(20-9)10-7-24-15(21-10)13-17-4-3-5-18-13/h3-5,7H,6,8H2,1-2H3,(H,19,23)(H,20,22). The first kappa shape index (κ1) is 14.9. The van der Waals surface area contributed by atoms with Crippen LogP contribution in [0.1, 0.15) is 30.0 Å². The third-order valence-electron chi connectivity index (χ3n) is 3.88. The number of nitrogens with zero attached hydrogens (tertiary/aromatic N) is 4. The quantitative estimate of drug-likeness (QED) is 0.746. The maximum Gasteiger partial charge on any atom is 0.271 e. The number of thiazole rings is 1. The van der Waals surface area contributed by atoms with Crippen LogP contribution >= 0.6 is 11.3 Å². The van der Waals surface area contributed by atoms with E-state index in [1.54, 1.807) is 18.5 Å². The summed E-state index contributed by atoms with van der Waals surface area (Å²) in [7, 11) is 0. The number of hydrogen-bond donors (Lipinski definition) is 2. The highest BCUT2D eigenvalue weighted by Gasteiger charge is 2.30. The number of amides is 1. The molecule has 4 heterocycles. The van der Waals surface area contributed by atoms with E-state index < -0.39 is 0 Å². The van der Waals surface area contributed by atoms with E-state index in [2.05, 4.69) is 44.1 Å². The predicted octanol–water partition coefficient (Wildman–Crippen LogP) is 2.30. The van der Waals surface area contributed by atoms with Crippen molar-refractivity contribution < 1.29 is 4.79 Å². The van der Waals surface area contributed by atoms with Crippen LogP contribution in [0.25, 0.3) is 22.4 Å². The highest BCUT2D eigenvalue weighted by atomic mass is 32.1. The van der Waals surface area contributed by atoms with E-state index >= 15 is 0 Å². The molecule has 0 atom stereocenters. The Morgan fingerprint density at radius 3 is 2.79 bits per heavy atom. The Hall–Kier alpha value is -2.61. The molecule has 0 aliphatic carbocycles. The molecule has 0 aromatic carbocycles. The van der Waals surface area contributed by atoms with E-state index in [0.717, 1.165) is 17.1 Å². The van der Waals surface area contributed by atoms with E-state index in [1.165, 1.54) is 11.3 Å². The van der Waals surface area contributed by atoms with Crippen LogP contribution in [0.15, 0.2) is 23.8 Å². The molecule has 0 saturated heterocycles. The van der Waals surface area contributed by atoms with Crippen LogP contribution in [0.4, 0.5) is 0 Å². The zero-order valence-electron chi connectivity index (χ0n) is 13.3. The van der Waals surface area contributed by atoms with Crippen LogP contribution in [0.5, 0.6) is 0 Å². The van der Waals surface area contributed by atoms with Gasteiger partial charge in [0.05, 0.1) is 0 Å². The lowest BCUT2D eigenvalue weighted by molar-refractivity contribution is 0.0940. The van der Waals surface area contributed by atoms with Crippen molar-refractivity contribution in [2.75, 3.05) is 6.54 Å². The summed E-state index contributed by atoms with van der Waals surface area (Å²) in [6, 6.07) is 1.77. The van der Waals surface area contributed by atoms with E-state index in [-0.39, 0.29) is 11.3 Å². The number of carbonyl (C=O) groups excluding carboxylic acids is 1. The van der Waals surface area contributed by atoms with Gasteiger partial charge in [-0.2, -0.15) is 0 Å². The Labute approximate surface area is 142 Å². The molecule has 0 spiro atoms. The summed E-state index contributed by atoms with van der Waals surface area (Å²) in [5.74, 6) is 1.05. The van der Waals surface area contributed by atoms with E-state index in [4.69, 9.17) is 0 Å². The average molecular weight is 340 g/mol. The van der Waals surface area contributed by atoms with Crippen LogP contribution < -0.4 is 5.32 Å². The van der Waals surface area contributed by atoms with Crippen molar-refractivity contribution in [3.05, 3.63) is 35.2 Å². The molecule has 0 bridgehead atoms. The first-order valence-corrected chi connectivity index (χ1v) is 8.50. The van der Waals surface area contributed by atoms with Crippen LogP contribution in [0, 0.1) is 5.41 Å². The van der Waals surface area contributed by atoms with Gasteiger partial charge in [-0.15, -0.1) is 11.3 Å². The Morgan fingerprint density at radius 1 is 1.21 bits per heavy atom. The average Bonchev–Trinajstić information content (AvgIpc) is 3.18. The molecule has 3 aromatic heterocycles. The molecule has 4 rings (SSSR count). The van der Waals surface area contributed by atoms with Gasteiger partial charge >= 0.3 is 0 Å². The summed E-state index contributed by atoms with van der Waals surface area (Å²) in [4.78, 5) is 32.9. The molecule has 24 heavy (non-hydrogen) atoms. The lowest BCUT2D eigenvalue weighted by atomic mass is 9.88. The highest BCUT2D eigenvalue weighted by molar-refractivity contribution is 7.13. The van der Waals surface area contributed by atoms with Gasteiger partial charge in [0.2, 0.25) is 0 Å². The maximum atomic E-state index is 12.2. The molecule has 0 radical (unpaired) electrons. The fraction of sp³-hybridized carbons (Fsp3) is 0.312. The number of aromatic nitrogens is 5. The van der Waals surface area contributed by atoms with Crippen LogP contribution in [-0.4, -0.2) is 37.4 Å². The summed E-state index contributed by atoms with van der Waals surface area (Å²) < 4.78 is 0. The number of imidazole rings is 1. The lowest BCUT2D eigenvalue weighted by Crippen LogP contribution is -2.32. The lowest BCUT2D eigenvalue weighted by Gasteiger charge is -2.21. The zero-order valence-corrected chi connectivity index (χ0v) is 14.1. The van der Waals surface area contributed by atoms with Crippen molar-refractivity contribution in [3.63, 3.8) is 0 Å². The third kappa shape index (κ3) is 2.69. The topological polar surface area (TPSA) is 96.5 Å². The molecule has 0 saturated carbocycles. The molecule has 122 valence electrons.